The maximum atomic E-state index is 13.2. The fourth-order valence-corrected chi connectivity index (χ4v) is 3.14. The van der Waals surface area contributed by atoms with Crippen molar-refractivity contribution in [3.8, 4) is 0 Å². The van der Waals surface area contributed by atoms with Crippen molar-refractivity contribution in [2.24, 2.45) is 0 Å². The molecule has 6 nitrogen and oxygen atoms in total. The maximum absolute atomic E-state index is 13.2. The van der Waals surface area contributed by atoms with Crippen molar-refractivity contribution in [3.05, 3.63) is 59.5 Å². The van der Waals surface area contributed by atoms with Crippen LogP contribution in [0.15, 0.2) is 42.5 Å². The summed E-state index contributed by atoms with van der Waals surface area (Å²) < 4.78 is 13.2. The Labute approximate surface area is 164 Å². The van der Waals surface area contributed by atoms with Crippen LogP contribution in [0.3, 0.4) is 0 Å². The van der Waals surface area contributed by atoms with Crippen LogP contribution in [0.25, 0.3) is 0 Å². The highest BCUT2D eigenvalue weighted by Gasteiger charge is 2.21. The number of aryl methyl sites for hydroxylation is 1. The molecule has 148 valence electrons. The van der Waals surface area contributed by atoms with Crippen LogP contribution >= 0.6 is 0 Å². The number of amides is 2. The molecule has 1 aliphatic heterocycles. The second kappa shape index (κ2) is 9.30. The molecule has 0 atom stereocenters. The van der Waals surface area contributed by atoms with E-state index >= 15 is 0 Å². The molecule has 0 saturated heterocycles. The molecule has 2 heterocycles. The first-order valence-corrected chi connectivity index (χ1v) is 9.51. The number of fused-ring (bicyclic) bond motifs is 2. The Hall–Kier alpha value is -2.96. The molecule has 28 heavy (non-hydrogen) atoms. The number of likely N-dealkylation sites (N-methyl/N-ethyl adjacent to an activating group) is 1. The molecule has 1 N–H and O–H groups in total. The molecule has 1 aliphatic rings. The Kier molecular flexibility index (Phi) is 6.57. The fraction of sp³-hybridized carbons (Fsp3) is 0.381. The standard InChI is InChI=1S/C21H25FN4O2/c1-25-13-4-12-23-19-7-2-5-18(24-19)6-3-14-26(15-20(25)27)21(28)16-8-10-17(22)11-9-16/h2,5,7-11H,3-4,6,12-15H2,1H3,(H,23,24). The largest absolute Gasteiger partial charge is 0.370 e. The first-order chi connectivity index (χ1) is 13.5. The summed E-state index contributed by atoms with van der Waals surface area (Å²) in [6.45, 7) is 1.74. The van der Waals surface area contributed by atoms with E-state index in [0.717, 1.165) is 17.9 Å². The van der Waals surface area contributed by atoms with Gasteiger partial charge in [-0.2, -0.15) is 0 Å². The molecule has 0 spiro atoms. The van der Waals surface area contributed by atoms with Crippen LogP contribution in [0.1, 0.15) is 28.9 Å². The molecular weight excluding hydrogens is 359 g/mol. The Morgan fingerprint density at radius 2 is 1.89 bits per heavy atom. The van der Waals surface area contributed by atoms with Gasteiger partial charge >= 0.3 is 0 Å². The molecule has 2 aromatic rings. The second-order valence-corrected chi connectivity index (χ2v) is 6.95. The predicted molar refractivity (Wildman–Crippen MR) is 106 cm³/mol. The van der Waals surface area contributed by atoms with E-state index in [1.807, 2.05) is 18.2 Å². The Morgan fingerprint density at radius 3 is 2.68 bits per heavy atom. The molecule has 1 aromatic carbocycles. The van der Waals surface area contributed by atoms with Crippen LogP contribution in [-0.4, -0.2) is 59.8 Å². The number of anilines is 1. The molecule has 1 aromatic heterocycles. The third kappa shape index (κ3) is 5.28. The average molecular weight is 384 g/mol. The van der Waals surface area contributed by atoms with Crippen molar-refractivity contribution < 1.29 is 14.0 Å². The lowest BCUT2D eigenvalue weighted by Crippen LogP contribution is -2.42. The maximum Gasteiger partial charge on any atom is 0.254 e. The van der Waals surface area contributed by atoms with Gasteiger partial charge in [-0.3, -0.25) is 9.59 Å². The number of rotatable bonds is 1. The zero-order chi connectivity index (χ0) is 19.9. The molecule has 0 unspecified atom stereocenters. The SMILES string of the molecule is CN1CCCNc2cccc(n2)CCCN(C(=O)c2ccc(F)cc2)CC1=O. The highest BCUT2D eigenvalue weighted by Crippen LogP contribution is 2.12. The van der Waals surface area contributed by atoms with E-state index in [1.54, 1.807) is 16.8 Å². The Morgan fingerprint density at radius 1 is 1.11 bits per heavy atom. The lowest BCUT2D eigenvalue weighted by molar-refractivity contribution is -0.130. The zero-order valence-electron chi connectivity index (χ0n) is 16.0. The second-order valence-electron chi connectivity index (χ2n) is 6.95. The van der Waals surface area contributed by atoms with E-state index in [1.165, 1.54) is 24.3 Å². The summed E-state index contributed by atoms with van der Waals surface area (Å²) >= 11 is 0. The van der Waals surface area contributed by atoms with Gasteiger partial charge in [0.2, 0.25) is 5.91 Å². The molecule has 7 heteroatoms. The number of hydrogen-bond acceptors (Lipinski definition) is 4. The number of hydrogen-bond donors (Lipinski definition) is 1. The topological polar surface area (TPSA) is 65.5 Å². The normalized spacial score (nSPS) is 16.3. The highest BCUT2D eigenvalue weighted by molar-refractivity contribution is 5.96. The molecular formula is C21H25FN4O2. The number of carbonyl (C=O) groups excluding carboxylic acids is 2. The average Bonchev–Trinajstić information content (AvgIpc) is 2.70. The number of benzene rings is 1. The third-order valence-corrected chi connectivity index (χ3v) is 4.77. The zero-order valence-corrected chi connectivity index (χ0v) is 16.0. The van der Waals surface area contributed by atoms with Crippen LogP contribution in [0.5, 0.6) is 0 Å². The minimum Gasteiger partial charge on any atom is -0.370 e. The van der Waals surface area contributed by atoms with Gasteiger partial charge in [0.25, 0.3) is 5.91 Å². The van der Waals surface area contributed by atoms with Crippen LogP contribution < -0.4 is 5.32 Å². The summed E-state index contributed by atoms with van der Waals surface area (Å²) in [6.07, 6.45) is 2.16. The number of halogens is 1. The number of carbonyl (C=O) groups is 2. The number of aromatic nitrogens is 1. The summed E-state index contributed by atoms with van der Waals surface area (Å²) in [4.78, 5) is 33.3. The summed E-state index contributed by atoms with van der Waals surface area (Å²) in [6, 6.07) is 11.3. The molecule has 2 bridgehead atoms. The number of nitrogens with zero attached hydrogens (tertiary/aromatic N) is 3. The fourth-order valence-electron chi connectivity index (χ4n) is 3.14. The lowest BCUT2D eigenvalue weighted by atomic mass is 10.1. The summed E-state index contributed by atoms with van der Waals surface area (Å²) in [5, 5.41) is 3.28. The van der Waals surface area contributed by atoms with E-state index in [4.69, 9.17) is 0 Å². The van der Waals surface area contributed by atoms with Crippen LogP contribution in [0.4, 0.5) is 10.2 Å². The van der Waals surface area contributed by atoms with Crippen LogP contribution in [0.2, 0.25) is 0 Å². The Balaban J connectivity index is 1.78. The van der Waals surface area contributed by atoms with Crippen LogP contribution in [-0.2, 0) is 11.2 Å². The summed E-state index contributed by atoms with van der Waals surface area (Å²) in [7, 11) is 1.74. The van der Waals surface area contributed by atoms with E-state index in [2.05, 4.69) is 10.3 Å². The predicted octanol–water partition coefficient (Wildman–Crippen LogP) is 2.57. The van der Waals surface area contributed by atoms with Crippen molar-refractivity contribution >= 4 is 17.6 Å². The molecule has 0 fully saturated rings. The van der Waals surface area contributed by atoms with Gasteiger partial charge < -0.3 is 15.1 Å². The highest BCUT2D eigenvalue weighted by atomic mass is 19.1. The minimum atomic E-state index is -0.395. The number of nitrogens with one attached hydrogen (secondary N) is 1. The minimum absolute atomic E-state index is 0.00755. The molecule has 0 saturated carbocycles. The Bertz CT molecular complexity index is 825. The van der Waals surface area contributed by atoms with Crippen molar-refractivity contribution in [1.82, 2.24) is 14.8 Å². The van der Waals surface area contributed by atoms with E-state index in [0.29, 0.717) is 38.0 Å². The van der Waals surface area contributed by atoms with Gasteiger partial charge in [-0.25, -0.2) is 9.37 Å². The van der Waals surface area contributed by atoms with Gasteiger partial charge in [-0.05, 0) is 55.7 Å². The van der Waals surface area contributed by atoms with Crippen LogP contribution in [0, 0.1) is 5.82 Å². The van der Waals surface area contributed by atoms with Gasteiger partial charge in [0.1, 0.15) is 18.2 Å². The van der Waals surface area contributed by atoms with Gasteiger partial charge in [0.05, 0.1) is 0 Å². The number of pyridine rings is 1. The van der Waals surface area contributed by atoms with Crippen molar-refractivity contribution in [2.75, 3.05) is 38.5 Å². The van der Waals surface area contributed by atoms with Crippen molar-refractivity contribution in [3.63, 3.8) is 0 Å². The molecule has 0 radical (unpaired) electrons. The first-order valence-electron chi connectivity index (χ1n) is 9.51. The van der Waals surface area contributed by atoms with Gasteiger partial charge in [-0.15, -0.1) is 0 Å². The van der Waals surface area contributed by atoms with Gasteiger partial charge in [0, 0.05) is 37.9 Å². The smallest absolute Gasteiger partial charge is 0.254 e. The van der Waals surface area contributed by atoms with Crippen molar-refractivity contribution in [1.29, 1.82) is 0 Å². The molecule has 3 rings (SSSR count). The summed E-state index contributed by atoms with van der Waals surface area (Å²) in [5.41, 5.74) is 1.32. The van der Waals surface area contributed by atoms with E-state index < -0.39 is 5.82 Å². The van der Waals surface area contributed by atoms with E-state index in [-0.39, 0.29) is 18.4 Å². The van der Waals surface area contributed by atoms with Crippen molar-refractivity contribution in [2.45, 2.75) is 19.3 Å². The van der Waals surface area contributed by atoms with E-state index in [9.17, 15) is 14.0 Å². The van der Waals surface area contributed by atoms with Gasteiger partial charge in [-0.1, -0.05) is 6.07 Å². The lowest BCUT2D eigenvalue weighted by Gasteiger charge is -2.26. The molecule has 0 aliphatic carbocycles. The first kappa shape index (κ1) is 19.8. The third-order valence-electron chi connectivity index (χ3n) is 4.77. The quantitative estimate of drug-likeness (QED) is 0.821. The summed E-state index contributed by atoms with van der Waals surface area (Å²) in [5.74, 6) is 0.0529. The monoisotopic (exact) mass is 384 g/mol. The van der Waals surface area contributed by atoms with Gasteiger partial charge in [0.15, 0.2) is 0 Å². The molecule has 2 amide bonds.